The Kier molecular flexibility index (Phi) is 2.82. The van der Waals surface area contributed by atoms with Gasteiger partial charge in [0.2, 0.25) is 11.5 Å². The van der Waals surface area contributed by atoms with E-state index in [1.54, 1.807) is 18.0 Å². The Morgan fingerprint density at radius 1 is 1.10 bits per heavy atom. The molecule has 2 aromatic rings. The van der Waals surface area contributed by atoms with Crippen LogP contribution in [0.3, 0.4) is 0 Å². The molecule has 0 aliphatic carbocycles. The van der Waals surface area contributed by atoms with Gasteiger partial charge in [0, 0.05) is 25.2 Å². The molecule has 0 radical (unpaired) electrons. The first-order valence-electron chi connectivity index (χ1n) is 6.44. The molecule has 0 bridgehead atoms. The Hall–Kier alpha value is -2.56. The molecule has 1 aromatic carbocycles. The van der Waals surface area contributed by atoms with E-state index in [1.165, 1.54) is 6.07 Å². The normalized spacial score (nSPS) is 14.2. The second kappa shape index (κ2) is 4.52. The van der Waals surface area contributed by atoms with Crippen LogP contribution in [-0.2, 0) is 11.2 Å². The van der Waals surface area contributed by atoms with Crippen molar-refractivity contribution in [2.45, 2.75) is 12.8 Å². The van der Waals surface area contributed by atoms with Crippen LogP contribution in [0.15, 0.2) is 35.1 Å². The Bertz CT molecular complexity index is 749. The lowest BCUT2D eigenvalue weighted by Gasteiger charge is -2.26. The number of nitrogen functional groups attached to an aromatic ring is 1. The van der Waals surface area contributed by atoms with Crippen molar-refractivity contribution in [2.24, 2.45) is 0 Å². The summed E-state index contributed by atoms with van der Waals surface area (Å²) in [6.45, 7) is 0. The number of H-pyrrole nitrogens is 1. The van der Waals surface area contributed by atoms with Gasteiger partial charge in [0.15, 0.2) is 0 Å². The maximum Gasteiger partial charge on any atom is 0.250 e. The van der Waals surface area contributed by atoms with E-state index in [9.17, 15) is 9.59 Å². The van der Waals surface area contributed by atoms with Crippen molar-refractivity contribution in [2.75, 3.05) is 17.7 Å². The van der Waals surface area contributed by atoms with E-state index in [-0.39, 0.29) is 11.5 Å². The zero-order valence-electron chi connectivity index (χ0n) is 11.1. The van der Waals surface area contributed by atoms with Crippen LogP contribution in [-0.4, -0.2) is 17.9 Å². The number of nitrogens with two attached hydrogens (primary N) is 1. The standard InChI is InChI=1S/C15H15N3O2/c1-18-12-4-2-9(6-10(12)3-5-15(18)20)11-7-13(16)17-14(19)8-11/h2,4,6-8H,3,5H2,1H3,(H3,16,17,19). The summed E-state index contributed by atoms with van der Waals surface area (Å²) in [7, 11) is 1.78. The first-order chi connectivity index (χ1) is 9.54. The number of aryl methyl sites for hydroxylation is 1. The number of anilines is 2. The predicted octanol–water partition coefficient (Wildman–Crippen LogP) is 1.53. The summed E-state index contributed by atoms with van der Waals surface area (Å²) in [6.07, 6.45) is 1.25. The molecule has 0 saturated heterocycles. The highest BCUT2D eigenvalue weighted by Crippen LogP contribution is 2.31. The lowest BCUT2D eigenvalue weighted by molar-refractivity contribution is -0.118. The number of nitrogens with zero attached hydrogens (tertiary/aromatic N) is 1. The molecule has 5 heteroatoms. The summed E-state index contributed by atoms with van der Waals surface area (Å²) in [5, 5.41) is 0. The van der Waals surface area contributed by atoms with Gasteiger partial charge in [0.05, 0.1) is 0 Å². The zero-order valence-corrected chi connectivity index (χ0v) is 11.1. The number of hydrogen-bond acceptors (Lipinski definition) is 3. The largest absolute Gasteiger partial charge is 0.385 e. The number of nitrogens with one attached hydrogen (secondary N) is 1. The highest BCUT2D eigenvalue weighted by atomic mass is 16.2. The third-order valence-corrected chi connectivity index (χ3v) is 3.62. The van der Waals surface area contributed by atoms with Crippen molar-refractivity contribution in [3.63, 3.8) is 0 Å². The molecule has 3 rings (SSSR count). The van der Waals surface area contributed by atoms with E-state index in [4.69, 9.17) is 5.73 Å². The highest BCUT2D eigenvalue weighted by Gasteiger charge is 2.20. The average Bonchev–Trinajstić information content (AvgIpc) is 2.41. The molecule has 1 aliphatic heterocycles. The van der Waals surface area contributed by atoms with Crippen LogP contribution in [0.4, 0.5) is 11.5 Å². The summed E-state index contributed by atoms with van der Waals surface area (Å²) >= 11 is 0. The van der Waals surface area contributed by atoms with Gasteiger partial charge in [-0.25, -0.2) is 0 Å². The summed E-state index contributed by atoms with van der Waals surface area (Å²) in [5.74, 6) is 0.475. The maximum absolute atomic E-state index is 11.7. The molecule has 1 amide bonds. The van der Waals surface area contributed by atoms with Crippen LogP contribution in [0, 0.1) is 0 Å². The van der Waals surface area contributed by atoms with E-state index >= 15 is 0 Å². The average molecular weight is 269 g/mol. The van der Waals surface area contributed by atoms with Crippen LogP contribution in [0.1, 0.15) is 12.0 Å². The molecule has 3 N–H and O–H groups in total. The first kappa shape index (κ1) is 12.5. The van der Waals surface area contributed by atoms with E-state index in [0.29, 0.717) is 12.2 Å². The van der Waals surface area contributed by atoms with Crippen molar-refractivity contribution < 1.29 is 4.79 Å². The van der Waals surface area contributed by atoms with Crippen molar-refractivity contribution in [1.29, 1.82) is 0 Å². The lowest BCUT2D eigenvalue weighted by atomic mass is 9.96. The smallest absolute Gasteiger partial charge is 0.250 e. The van der Waals surface area contributed by atoms with Gasteiger partial charge in [-0.15, -0.1) is 0 Å². The minimum Gasteiger partial charge on any atom is -0.385 e. The van der Waals surface area contributed by atoms with Gasteiger partial charge in [-0.3, -0.25) is 9.59 Å². The monoisotopic (exact) mass is 269 g/mol. The Morgan fingerprint density at radius 2 is 1.90 bits per heavy atom. The molecule has 5 nitrogen and oxygen atoms in total. The number of fused-ring (bicyclic) bond motifs is 1. The van der Waals surface area contributed by atoms with Crippen LogP contribution < -0.4 is 16.2 Å². The zero-order chi connectivity index (χ0) is 14.3. The van der Waals surface area contributed by atoms with E-state index in [1.807, 2.05) is 18.2 Å². The number of hydrogen-bond donors (Lipinski definition) is 2. The summed E-state index contributed by atoms with van der Waals surface area (Å²) in [5.41, 5.74) is 9.22. The Labute approximate surface area is 116 Å². The minimum absolute atomic E-state index is 0.130. The quantitative estimate of drug-likeness (QED) is 0.824. The van der Waals surface area contributed by atoms with Crippen LogP contribution in [0.5, 0.6) is 0 Å². The number of aromatic amines is 1. The van der Waals surface area contributed by atoms with Gasteiger partial charge in [-0.1, -0.05) is 6.07 Å². The molecule has 0 saturated carbocycles. The number of carbonyl (C=O) groups is 1. The first-order valence-corrected chi connectivity index (χ1v) is 6.44. The molecule has 0 spiro atoms. The van der Waals surface area contributed by atoms with Crippen molar-refractivity contribution in [3.05, 3.63) is 46.2 Å². The number of amides is 1. The second-order valence-electron chi connectivity index (χ2n) is 4.98. The summed E-state index contributed by atoms with van der Waals surface area (Å²) < 4.78 is 0. The Morgan fingerprint density at radius 3 is 2.65 bits per heavy atom. The topological polar surface area (TPSA) is 79.2 Å². The third-order valence-electron chi connectivity index (χ3n) is 3.62. The molecule has 20 heavy (non-hydrogen) atoms. The number of carbonyl (C=O) groups excluding carboxylic acids is 1. The summed E-state index contributed by atoms with van der Waals surface area (Å²) in [4.78, 5) is 27.3. The summed E-state index contributed by atoms with van der Waals surface area (Å²) in [6, 6.07) is 9.10. The Balaban J connectivity index is 2.09. The van der Waals surface area contributed by atoms with Crippen LogP contribution in [0.2, 0.25) is 0 Å². The molecule has 2 heterocycles. The third kappa shape index (κ3) is 2.07. The van der Waals surface area contributed by atoms with Crippen molar-refractivity contribution >= 4 is 17.4 Å². The van der Waals surface area contributed by atoms with Gasteiger partial charge in [0.25, 0.3) is 0 Å². The predicted molar refractivity (Wildman–Crippen MR) is 78.6 cm³/mol. The molecule has 1 aliphatic rings. The fourth-order valence-electron chi connectivity index (χ4n) is 2.57. The molecule has 0 atom stereocenters. The van der Waals surface area contributed by atoms with Gasteiger partial charge in [-0.2, -0.15) is 0 Å². The lowest BCUT2D eigenvalue weighted by Crippen LogP contribution is -2.30. The SMILES string of the molecule is CN1C(=O)CCc2cc(-c3cc(N)[nH]c(=O)c3)ccc21. The van der Waals surface area contributed by atoms with Gasteiger partial charge < -0.3 is 15.6 Å². The second-order valence-corrected chi connectivity index (χ2v) is 4.98. The molecular weight excluding hydrogens is 254 g/mol. The van der Waals surface area contributed by atoms with E-state index < -0.39 is 0 Å². The molecule has 0 fully saturated rings. The van der Waals surface area contributed by atoms with E-state index in [0.717, 1.165) is 28.8 Å². The number of aromatic nitrogens is 1. The number of pyridine rings is 1. The molecule has 1 aromatic heterocycles. The van der Waals surface area contributed by atoms with Gasteiger partial charge in [0.1, 0.15) is 5.82 Å². The van der Waals surface area contributed by atoms with Crippen LogP contribution in [0.25, 0.3) is 11.1 Å². The fourth-order valence-corrected chi connectivity index (χ4v) is 2.57. The molecule has 102 valence electrons. The van der Waals surface area contributed by atoms with Crippen molar-refractivity contribution in [3.8, 4) is 11.1 Å². The van der Waals surface area contributed by atoms with E-state index in [2.05, 4.69) is 4.98 Å². The highest BCUT2D eigenvalue weighted by molar-refractivity contribution is 5.96. The minimum atomic E-state index is -0.218. The maximum atomic E-state index is 11.7. The van der Waals surface area contributed by atoms with Crippen LogP contribution >= 0.6 is 0 Å². The van der Waals surface area contributed by atoms with Crippen molar-refractivity contribution in [1.82, 2.24) is 4.98 Å². The fraction of sp³-hybridized carbons (Fsp3) is 0.200. The number of benzene rings is 1. The van der Waals surface area contributed by atoms with Gasteiger partial charge in [-0.05, 0) is 41.3 Å². The number of rotatable bonds is 1. The molecular formula is C15H15N3O2. The van der Waals surface area contributed by atoms with Gasteiger partial charge >= 0.3 is 0 Å². The molecule has 0 unspecified atom stereocenters.